The van der Waals surface area contributed by atoms with E-state index in [9.17, 15) is 4.79 Å². The van der Waals surface area contributed by atoms with Gasteiger partial charge in [-0.15, -0.1) is 0 Å². The Balaban J connectivity index is 2.65. The average Bonchev–Trinajstić information content (AvgIpc) is 2.17. The summed E-state index contributed by atoms with van der Waals surface area (Å²) in [5.41, 5.74) is 1.88. The van der Waals surface area contributed by atoms with Gasteiger partial charge in [-0.1, -0.05) is 11.6 Å². The summed E-state index contributed by atoms with van der Waals surface area (Å²) >= 11 is 2.17. The van der Waals surface area contributed by atoms with Gasteiger partial charge in [-0.2, -0.15) is 0 Å². The maximum absolute atomic E-state index is 11.7. The molecule has 0 fully saturated rings. The van der Waals surface area contributed by atoms with Crippen molar-refractivity contribution < 1.29 is 9.53 Å². The quantitative estimate of drug-likeness (QED) is 0.681. The van der Waals surface area contributed by atoms with E-state index in [0.29, 0.717) is 13.2 Å². The molecule has 82 valence electrons. The van der Waals surface area contributed by atoms with Crippen molar-refractivity contribution in [2.24, 2.45) is 0 Å². The minimum absolute atomic E-state index is 0.0450. The number of hydrogen-bond donors (Lipinski definition) is 1. The predicted molar refractivity (Wildman–Crippen MR) is 68.1 cm³/mol. The molecule has 3 nitrogen and oxygen atoms in total. The average molecular weight is 319 g/mol. The molecular formula is C11H14INO2. The zero-order valence-corrected chi connectivity index (χ0v) is 11.0. The molecule has 1 aromatic carbocycles. The first-order valence-corrected chi connectivity index (χ1v) is 5.76. The first-order chi connectivity index (χ1) is 7.15. The first kappa shape index (κ1) is 12.4. The Morgan fingerprint density at radius 3 is 2.87 bits per heavy atom. The first-order valence-electron chi connectivity index (χ1n) is 4.68. The van der Waals surface area contributed by atoms with Gasteiger partial charge in [0, 0.05) is 17.2 Å². The zero-order valence-electron chi connectivity index (χ0n) is 8.84. The molecule has 0 aliphatic carbocycles. The second kappa shape index (κ2) is 6.07. The normalized spacial score (nSPS) is 10.1. The second-order valence-corrected chi connectivity index (χ2v) is 4.39. The molecule has 0 aliphatic heterocycles. The smallest absolute Gasteiger partial charge is 0.252 e. The number of ether oxygens (including phenoxy) is 1. The second-order valence-electron chi connectivity index (χ2n) is 3.23. The lowest BCUT2D eigenvalue weighted by atomic mass is 10.1. The Morgan fingerprint density at radius 2 is 2.27 bits per heavy atom. The number of amides is 1. The van der Waals surface area contributed by atoms with E-state index in [1.807, 2.05) is 25.1 Å². The lowest BCUT2D eigenvalue weighted by molar-refractivity contribution is 0.0936. The highest BCUT2D eigenvalue weighted by Crippen LogP contribution is 2.13. The monoisotopic (exact) mass is 319 g/mol. The van der Waals surface area contributed by atoms with E-state index in [2.05, 4.69) is 27.9 Å². The van der Waals surface area contributed by atoms with Gasteiger partial charge in [0.1, 0.15) is 0 Å². The largest absolute Gasteiger partial charge is 0.383 e. The van der Waals surface area contributed by atoms with Crippen LogP contribution in [0, 0.1) is 10.5 Å². The Kier molecular flexibility index (Phi) is 5.04. The van der Waals surface area contributed by atoms with Gasteiger partial charge in [-0.25, -0.2) is 0 Å². The topological polar surface area (TPSA) is 38.3 Å². The molecule has 1 aromatic rings. The fourth-order valence-corrected chi connectivity index (χ4v) is 2.08. The third-order valence-electron chi connectivity index (χ3n) is 1.96. The van der Waals surface area contributed by atoms with Crippen LogP contribution in [0.3, 0.4) is 0 Å². The minimum atomic E-state index is -0.0450. The Labute approximate surface area is 103 Å². The maximum Gasteiger partial charge on any atom is 0.252 e. The maximum atomic E-state index is 11.7. The molecule has 0 unspecified atom stereocenters. The number of aryl methyl sites for hydroxylation is 1. The van der Waals surface area contributed by atoms with Crippen LogP contribution in [0.2, 0.25) is 0 Å². The summed E-state index contributed by atoms with van der Waals surface area (Å²) in [6.07, 6.45) is 0. The summed E-state index contributed by atoms with van der Waals surface area (Å²) in [5.74, 6) is -0.0450. The number of halogens is 1. The molecule has 0 spiro atoms. The van der Waals surface area contributed by atoms with Gasteiger partial charge >= 0.3 is 0 Å². The van der Waals surface area contributed by atoms with Gasteiger partial charge in [0.25, 0.3) is 5.91 Å². The molecule has 1 rings (SSSR count). The number of carbonyl (C=O) groups excluding carboxylic acids is 1. The lowest BCUT2D eigenvalue weighted by Gasteiger charge is -2.06. The van der Waals surface area contributed by atoms with Gasteiger partial charge in [-0.3, -0.25) is 4.79 Å². The van der Waals surface area contributed by atoms with Crippen LogP contribution < -0.4 is 5.32 Å². The van der Waals surface area contributed by atoms with Crippen LogP contribution in [0.25, 0.3) is 0 Å². The summed E-state index contributed by atoms with van der Waals surface area (Å²) in [6.45, 7) is 3.09. The summed E-state index contributed by atoms with van der Waals surface area (Å²) < 4.78 is 5.84. The van der Waals surface area contributed by atoms with E-state index in [1.54, 1.807) is 7.11 Å². The fraction of sp³-hybridized carbons (Fsp3) is 0.364. The highest BCUT2D eigenvalue weighted by atomic mass is 127. The lowest BCUT2D eigenvalue weighted by Crippen LogP contribution is -2.27. The molecule has 4 heteroatoms. The van der Waals surface area contributed by atoms with Crippen LogP contribution >= 0.6 is 22.6 Å². The van der Waals surface area contributed by atoms with Crippen molar-refractivity contribution in [2.75, 3.05) is 20.3 Å². The Morgan fingerprint density at radius 1 is 1.53 bits per heavy atom. The number of benzene rings is 1. The van der Waals surface area contributed by atoms with Gasteiger partial charge in [0.2, 0.25) is 0 Å². The molecule has 15 heavy (non-hydrogen) atoms. The van der Waals surface area contributed by atoms with Crippen LogP contribution in [0.5, 0.6) is 0 Å². The summed E-state index contributed by atoms with van der Waals surface area (Å²) in [4.78, 5) is 11.7. The molecule has 0 saturated heterocycles. The molecule has 0 aromatic heterocycles. The third-order valence-corrected chi connectivity index (χ3v) is 2.85. The number of hydrogen-bond acceptors (Lipinski definition) is 2. The van der Waals surface area contributed by atoms with Gasteiger partial charge in [-0.05, 0) is 41.6 Å². The van der Waals surface area contributed by atoms with Crippen LogP contribution in [0.4, 0.5) is 0 Å². The summed E-state index contributed by atoms with van der Waals surface area (Å²) in [7, 11) is 1.61. The molecule has 0 aliphatic rings. The van der Waals surface area contributed by atoms with Crippen molar-refractivity contribution in [1.29, 1.82) is 0 Å². The molecule has 0 bridgehead atoms. The van der Waals surface area contributed by atoms with E-state index < -0.39 is 0 Å². The minimum Gasteiger partial charge on any atom is -0.383 e. The fourth-order valence-electron chi connectivity index (χ4n) is 1.17. The van der Waals surface area contributed by atoms with Crippen molar-refractivity contribution >= 4 is 28.5 Å². The summed E-state index contributed by atoms with van der Waals surface area (Å²) in [6, 6.07) is 5.78. The Bertz CT molecular complexity index is 352. The van der Waals surface area contributed by atoms with E-state index in [0.717, 1.165) is 14.7 Å². The van der Waals surface area contributed by atoms with Gasteiger partial charge < -0.3 is 10.1 Å². The highest BCUT2D eigenvalue weighted by molar-refractivity contribution is 14.1. The van der Waals surface area contributed by atoms with Crippen LogP contribution in [0.15, 0.2) is 18.2 Å². The van der Waals surface area contributed by atoms with E-state index in [1.165, 1.54) is 0 Å². The van der Waals surface area contributed by atoms with Gasteiger partial charge in [0.15, 0.2) is 0 Å². The van der Waals surface area contributed by atoms with E-state index in [-0.39, 0.29) is 5.91 Å². The predicted octanol–water partition coefficient (Wildman–Crippen LogP) is 1.98. The molecule has 0 heterocycles. The Hall–Kier alpha value is -0.620. The van der Waals surface area contributed by atoms with Gasteiger partial charge in [0.05, 0.1) is 12.2 Å². The zero-order chi connectivity index (χ0) is 11.3. The molecule has 0 atom stereocenters. The van der Waals surface area contributed by atoms with Crippen LogP contribution in [-0.4, -0.2) is 26.2 Å². The number of methoxy groups -OCH3 is 1. The van der Waals surface area contributed by atoms with E-state index >= 15 is 0 Å². The number of carbonyl (C=O) groups is 1. The van der Waals surface area contributed by atoms with Crippen molar-refractivity contribution in [3.8, 4) is 0 Å². The molecule has 0 saturated carbocycles. The van der Waals surface area contributed by atoms with Crippen LogP contribution in [-0.2, 0) is 4.74 Å². The number of rotatable bonds is 4. The molecule has 1 amide bonds. The number of nitrogens with one attached hydrogen (secondary N) is 1. The summed E-state index contributed by atoms with van der Waals surface area (Å²) in [5, 5.41) is 2.79. The van der Waals surface area contributed by atoms with Crippen molar-refractivity contribution in [3.63, 3.8) is 0 Å². The molecule has 0 radical (unpaired) electrons. The highest BCUT2D eigenvalue weighted by Gasteiger charge is 2.08. The standard InChI is InChI=1S/C11H14INO2/c1-8-3-4-9(10(12)7-8)11(14)13-5-6-15-2/h3-4,7H,5-6H2,1-2H3,(H,13,14). The van der Waals surface area contributed by atoms with Crippen molar-refractivity contribution in [3.05, 3.63) is 32.9 Å². The van der Waals surface area contributed by atoms with Crippen LogP contribution in [0.1, 0.15) is 15.9 Å². The van der Waals surface area contributed by atoms with E-state index in [4.69, 9.17) is 4.74 Å². The van der Waals surface area contributed by atoms with Crippen molar-refractivity contribution in [1.82, 2.24) is 5.32 Å². The third kappa shape index (κ3) is 3.79. The van der Waals surface area contributed by atoms with Crippen molar-refractivity contribution in [2.45, 2.75) is 6.92 Å². The SMILES string of the molecule is COCCNC(=O)c1ccc(C)cc1I. The molecule has 1 N–H and O–H groups in total. The molecular weight excluding hydrogens is 305 g/mol.